The van der Waals surface area contributed by atoms with Crippen LogP contribution in [0.5, 0.6) is 11.5 Å². The average molecular weight is 622 g/mol. The Morgan fingerprint density at radius 3 is 2.12 bits per heavy atom. The molecule has 4 rings (SSSR count). The summed E-state index contributed by atoms with van der Waals surface area (Å²) in [6, 6.07) is 22.3. The number of unbranched alkanes of at least 4 members (excludes halogenated alkanes) is 1. The first-order chi connectivity index (χ1) is 19.2. The molecule has 0 bridgehead atoms. The van der Waals surface area contributed by atoms with Gasteiger partial charge in [-0.25, -0.2) is 13.2 Å². The number of hydrogen-bond donors (Lipinski definition) is 2. The third-order valence-corrected chi connectivity index (χ3v) is 7.62. The molecule has 0 aromatic heterocycles. The van der Waals surface area contributed by atoms with Crippen LogP contribution in [0.25, 0.3) is 0 Å². The van der Waals surface area contributed by atoms with Crippen molar-refractivity contribution in [3.63, 3.8) is 0 Å². The molecule has 11 heteroatoms. The van der Waals surface area contributed by atoms with Crippen LogP contribution in [-0.2, 0) is 16.6 Å². The Hall–Kier alpha value is -2.98. The number of nitrogens with zero attached hydrogens (tertiary/aromatic N) is 2. The molecule has 1 saturated heterocycles. The maximum Gasteiger partial charge on any atom is 0.322 e. The number of anilines is 2. The number of urea groups is 1. The van der Waals surface area contributed by atoms with Gasteiger partial charge in [-0.2, -0.15) is 0 Å². The highest BCUT2D eigenvalue weighted by atomic mass is 35.5. The van der Waals surface area contributed by atoms with Gasteiger partial charge in [-0.15, -0.1) is 12.4 Å². The van der Waals surface area contributed by atoms with E-state index >= 15 is 0 Å². The molecule has 2 N–H and O–H groups in total. The van der Waals surface area contributed by atoms with E-state index in [4.69, 9.17) is 16.3 Å². The van der Waals surface area contributed by atoms with E-state index in [9.17, 15) is 13.2 Å². The number of carbonyl (C=O) groups excluding carboxylic acids is 1. The second-order valence-corrected chi connectivity index (χ2v) is 12.3. The number of likely N-dealkylation sites (tertiary alicyclic amines) is 1. The van der Waals surface area contributed by atoms with Gasteiger partial charge in [0.2, 0.25) is 10.0 Å². The zero-order valence-electron chi connectivity index (χ0n) is 23.4. The van der Waals surface area contributed by atoms with Gasteiger partial charge >= 0.3 is 6.03 Å². The summed E-state index contributed by atoms with van der Waals surface area (Å²) in [6.07, 6.45) is 4.87. The van der Waals surface area contributed by atoms with Gasteiger partial charge in [-0.3, -0.25) is 14.5 Å². The fourth-order valence-electron chi connectivity index (χ4n) is 4.64. The van der Waals surface area contributed by atoms with Crippen molar-refractivity contribution in [1.82, 2.24) is 10.2 Å². The highest BCUT2D eigenvalue weighted by molar-refractivity contribution is 7.92. The van der Waals surface area contributed by atoms with Crippen LogP contribution >= 0.6 is 24.0 Å². The van der Waals surface area contributed by atoms with Crippen LogP contribution in [-0.4, -0.2) is 51.3 Å². The lowest BCUT2D eigenvalue weighted by molar-refractivity contribution is 0.188. The molecule has 0 spiro atoms. The number of ether oxygens (including phenoxy) is 1. The van der Waals surface area contributed by atoms with Gasteiger partial charge in [0.05, 0.1) is 6.26 Å². The summed E-state index contributed by atoms with van der Waals surface area (Å²) in [5.74, 6) is 1.34. The second-order valence-electron chi connectivity index (χ2n) is 10.1. The Labute approximate surface area is 254 Å². The largest absolute Gasteiger partial charge is 0.457 e. The normalized spacial score (nSPS) is 14.1. The molecule has 3 aromatic rings. The monoisotopic (exact) mass is 620 g/mol. The minimum Gasteiger partial charge on any atom is -0.457 e. The van der Waals surface area contributed by atoms with Gasteiger partial charge in [-0.1, -0.05) is 37.1 Å². The Morgan fingerprint density at radius 1 is 0.976 bits per heavy atom. The molecule has 0 atom stereocenters. The van der Waals surface area contributed by atoms with Crippen molar-refractivity contribution in [2.24, 2.45) is 0 Å². The minimum atomic E-state index is -3.31. The number of halogens is 2. The Kier molecular flexibility index (Phi) is 12.1. The van der Waals surface area contributed by atoms with Crippen molar-refractivity contribution < 1.29 is 17.9 Å². The summed E-state index contributed by atoms with van der Waals surface area (Å²) in [7, 11) is -3.31. The molecule has 1 fully saturated rings. The molecule has 3 aromatic carbocycles. The van der Waals surface area contributed by atoms with Crippen LogP contribution in [0.4, 0.5) is 16.2 Å². The molecular weight excluding hydrogens is 583 g/mol. The van der Waals surface area contributed by atoms with E-state index in [0.29, 0.717) is 28.8 Å². The van der Waals surface area contributed by atoms with Crippen molar-refractivity contribution in [2.75, 3.05) is 35.5 Å². The lowest BCUT2D eigenvalue weighted by Crippen LogP contribution is -2.49. The summed E-state index contributed by atoms with van der Waals surface area (Å²) in [4.78, 5) is 17.4. The number of carbonyl (C=O) groups is 1. The molecule has 0 aliphatic carbocycles. The molecule has 0 saturated carbocycles. The van der Waals surface area contributed by atoms with E-state index in [1.165, 1.54) is 5.56 Å². The van der Waals surface area contributed by atoms with Gasteiger partial charge in [0, 0.05) is 48.6 Å². The fourth-order valence-corrected chi connectivity index (χ4v) is 5.33. The first kappa shape index (κ1) is 32.5. The molecule has 41 heavy (non-hydrogen) atoms. The number of rotatable bonds is 11. The molecule has 0 radical (unpaired) electrons. The molecule has 1 aliphatic rings. The molecule has 2 amide bonds. The van der Waals surface area contributed by atoms with Crippen LogP contribution in [0.1, 0.15) is 38.2 Å². The molecule has 222 valence electrons. The Balaban J connectivity index is 0.00000462. The fraction of sp³-hybridized carbons (Fsp3) is 0.367. The molecule has 8 nitrogen and oxygen atoms in total. The quantitative estimate of drug-likeness (QED) is 0.243. The lowest BCUT2D eigenvalue weighted by Gasteiger charge is -2.34. The van der Waals surface area contributed by atoms with Crippen molar-refractivity contribution in [3.05, 3.63) is 83.4 Å². The van der Waals surface area contributed by atoms with E-state index < -0.39 is 10.0 Å². The van der Waals surface area contributed by atoms with Gasteiger partial charge in [0.1, 0.15) is 11.5 Å². The zero-order chi connectivity index (χ0) is 28.5. The number of hydrogen-bond acceptors (Lipinski definition) is 5. The van der Waals surface area contributed by atoms with Gasteiger partial charge in [0.15, 0.2) is 0 Å². The van der Waals surface area contributed by atoms with E-state index in [2.05, 4.69) is 34.0 Å². The van der Waals surface area contributed by atoms with Crippen molar-refractivity contribution in [3.8, 4) is 11.5 Å². The number of amides is 2. The SMILES string of the molecule is CCCCN(C(=O)NC1CCN(Cc2ccc(Oc3ccc(NS(C)(=O)=O)cc3)cc2)CC1)c1ccc(Cl)cc1.Cl. The van der Waals surface area contributed by atoms with Gasteiger partial charge in [-0.05, 0) is 85.5 Å². The summed E-state index contributed by atoms with van der Waals surface area (Å²) in [6.45, 7) is 5.45. The van der Waals surface area contributed by atoms with Crippen LogP contribution in [0.2, 0.25) is 5.02 Å². The summed E-state index contributed by atoms with van der Waals surface area (Å²) in [5, 5.41) is 3.91. The smallest absolute Gasteiger partial charge is 0.322 e. The third kappa shape index (κ3) is 10.4. The van der Waals surface area contributed by atoms with E-state index in [1.54, 1.807) is 24.3 Å². The first-order valence-electron chi connectivity index (χ1n) is 13.6. The van der Waals surface area contributed by atoms with Crippen LogP contribution < -0.4 is 19.7 Å². The molecule has 1 aliphatic heterocycles. The number of piperidine rings is 1. The van der Waals surface area contributed by atoms with Gasteiger partial charge < -0.3 is 10.1 Å². The predicted octanol–water partition coefficient (Wildman–Crippen LogP) is 6.91. The maximum absolute atomic E-state index is 13.1. The van der Waals surface area contributed by atoms with Crippen molar-refractivity contribution in [1.29, 1.82) is 0 Å². The topological polar surface area (TPSA) is 91.0 Å². The van der Waals surface area contributed by atoms with Crippen molar-refractivity contribution in [2.45, 2.75) is 45.2 Å². The highest BCUT2D eigenvalue weighted by Gasteiger charge is 2.23. The summed E-state index contributed by atoms with van der Waals surface area (Å²) in [5.41, 5.74) is 2.54. The van der Waals surface area contributed by atoms with Crippen LogP contribution in [0.15, 0.2) is 72.8 Å². The van der Waals surface area contributed by atoms with E-state index in [0.717, 1.165) is 57.3 Å². The Bertz CT molecular complexity index is 1350. The van der Waals surface area contributed by atoms with E-state index in [-0.39, 0.29) is 24.5 Å². The minimum absolute atomic E-state index is 0. The second kappa shape index (κ2) is 15.3. The predicted molar refractivity (Wildman–Crippen MR) is 169 cm³/mol. The van der Waals surface area contributed by atoms with Crippen LogP contribution in [0, 0.1) is 0 Å². The van der Waals surface area contributed by atoms with Gasteiger partial charge in [0.25, 0.3) is 0 Å². The standard InChI is InChI=1S/C30H37ClN4O4S.ClH/c1-3-4-19-35(27-11-7-24(31)8-12-27)30(36)32-25-17-20-34(21-18-25)22-23-5-13-28(14-6-23)39-29-15-9-26(10-16-29)33-40(2,37)38;/h5-16,25,33H,3-4,17-22H2,1-2H3,(H,32,36);1H. The molecule has 0 unspecified atom stereocenters. The maximum atomic E-state index is 13.1. The number of sulfonamides is 1. The first-order valence-corrected chi connectivity index (χ1v) is 15.9. The summed E-state index contributed by atoms with van der Waals surface area (Å²) >= 11 is 6.04. The number of nitrogens with one attached hydrogen (secondary N) is 2. The Morgan fingerprint density at radius 2 is 1.56 bits per heavy atom. The molecule has 1 heterocycles. The highest BCUT2D eigenvalue weighted by Crippen LogP contribution is 2.25. The van der Waals surface area contributed by atoms with Crippen LogP contribution in [0.3, 0.4) is 0 Å². The summed E-state index contributed by atoms with van der Waals surface area (Å²) < 4.78 is 31.0. The zero-order valence-corrected chi connectivity index (χ0v) is 25.8. The lowest BCUT2D eigenvalue weighted by atomic mass is 10.0. The van der Waals surface area contributed by atoms with Crippen molar-refractivity contribution >= 4 is 51.4 Å². The van der Waals surface area contributed by atoms with E-state index in [1.807, 2.05) is 41.3 Å². The average Bonchev–Trinajstić information content (AvgIpc) is 2.92. The number of benzene rings is 3. The third-order valence-electron chi connectivity index (χ3n) is 6.76. The molecular formula is C30H38Cl2N4O4S.